The van der Waals surface area contributed by atoms with Gasteiger partial charge in [0.05, 0.1) is 5.71 Å². The maximum absolute atomic E-state index is 12.2. The highest BCUT2D eigenvalue weighted by molar-refractivity contribution is 6.31. The van der Waals surface area contributed by atoms with Crippen molar-refractivity contribution in [1.29, 1.82) is 0 Å². The van der Waals surface area contributed by atoms with Gasteiger partial charge >= 0.3 is 0 Å². The number of hydrogen-bond donors (Lipinski definition) is 1. The van der Waals surface area contributed by atoms with Crippen molar-refractivity contribution in [2.75, 3.05) is 6.54 Å². The summed E-state index contributed by atoms with van der Waals surface area (Å²) in [6.07, 6.45) is 5.13. The van der Waals surface area contributed by atoms with Gasteiger partial charge in [-0.25, -0.2) is 5.01 Å². The van der Waals surface area contributed by atoms with Crippen molar-refractivity contribution in [3.8, 4) is 0 Å². The molecular weight excluding hydrogens is 374 g/mol. The molecule has 0 unspecified atom stereocenters. The minimum absolute atomic E-state index is 0.179. The van der Waals surface area contributed by atoms with Gasteiger partial charge in [0.15, 0.2) is 0 Å². The lowest BCUT2D eigenvalue weighted by Crippen LogP contribution is -2.34. The molecule has 5 nitrogen and oxygen atoms in total. The van der Waals surface area contributed by atoms with Gasteiger partial charge in [-0.3, -0.25) is 9.59 Å². The van der Waals surface area contributed by atoms with E-state index in [4.69, 9.17) is 11.6 Å². The van der Waals surface area contributed by atoms with Crippen LogP contribution in [0.15, 0.2) is 65.8 Å². The minimum Gasteiger partial charge on any atom is -0.350 e. The number of aryl methyl sites for hydroxylation is 1. The van der Waals surface area contributed by atoms with Crippen LogP contribution in [0.5, 0.6) is 0 Å². The maximum atomic E-state index is 12.2. The Balaban J connectivity index is 2.07. The molecule has 0 saturated carbocycles. The predicted octanol–water partition coefficient (Wildman–Crippen LogP) is 3.96. The summed E-state index contributed by atoms with van der Waals surface area (Å²) in [7, 11) is 0. The van der Waals surface area contributed by atoms with Crippen LogP contribution in [0.3, 0.4) is 0 Å². The zero-order valence-electron chi connectivity index (χ0n) is 16.1. The van der Waals surface area contributed by atoms with E-state index in [1.165, 1.54) is 5.56 Å². The van der Waals surface area contributed by atoms with Gasteiger partial charge in [0.2, 0.25) is 12.3 Å². The van der Waals surface area contributed by atoms with Gasteiger partial charge in [0.25, 0.3) is 0 Å². The maximum Gasteiger partial charge on any atom is 0.242 e. The van der Waals surface area contributed by atoms with Gasteiger partial charge in [-0.1, -0.05) is 67.1 Å². The summed E-state index contributed by atoms with van der Waals surface area (Å²) in [5.74, 6) is -0.322. The van der Waals surface area contributed by atoms with Gasteiger partial charge in [-0.05, 0) is 36.6 Å². The first-order valence-electron chi connectivity index (χ1n) is 9.10. The average molecular weight is 398 g/mol. The Bertz CT molecular complexity index is 860. The SMILES string of the molecule is C/C=C\C(=N/N(C=O)CC(=O)NCc1ccccc1Cl)c1ccc(CC)cc1. The number of carbonyl (C=O) groups is 2. The van der Waals surface area contributed by atoms with Gasteiger partial charge in [0, 0.05) is 17.1 Å². The molecule has 0 saturated heterocycles. The molecule has 28 heavy (non-hydrogen) atoms. The molecule has 0 aliphatic rings. The van der Waals surface area contributed by atoms with Crippen LogP contribution in [0.4, 0.5) is 0 Å². The molecule has 0 radical (unpaired) electrons. The van der Waals surface area contributed by atoms with Crippen LogP contribution in [-0.2, 0) is 22.6 Å². The summed E-state index contributed by atoms with van der Waals surface area (Å²) in [4.78, 5) is 23.6. The summed E-state index contributed by atoms with van der Waals surface area (Å²) in [5.41, 5.74) is 3.51. The number of carbonyl (C=O) groups excluding carboxylic acids is 2. The second kappa shape index (κ2) is 11.0. The van der Waals surface area contributed by atoms with E-state index < -0.39 is 0 Å². The number of amides is 2. The van der Waals surface area contributed by atoms with Crippen LogP contribution in [0, 0.1) is 0 Å². The molecule has 1 N–H and O–H groups in total. The van der Waals surface area contributed by atoms with E-state index in [2.05, 4.69) is 17.3 Å². The van der Waals surface area contributed by atoms with Gasteiger partial charge < -0.3 is 5.32 Å². The fourth-order valence-corrected chi connectivity index (χ4v) is 2.73. The molecule has 0 aliphatic carbocycles. The van der Waals surface area contributed by atoms with E-state index in [-0.39, 0.29) is 19.0 Å². The minimum atomic E-state index is -0.322. The largest absolute Gasteiger partial charge is 0.350 e. The molecule has 2 rings (SSSR count). The standard InChI is InChI=1S/C22H24ClN3O2/c1-3-7-21(18-12-10-17(4-2)11-13-18)25-26(16-27)15-22(28)24-14-19-8-5-6-9-20(19)23/h3,5-13,16H,4,14-15H2,1-2H3,(H,24,28)/b7-3-,25-21+. The number of nitrogens with one attached hydrogen (secondary N) is 1. The fourth-order valence-electron chi connectivity index (χ4n) is 2.53. The Morgan fingerprint density at radius 3 is 2.50 bits per heavy atom. The van der Waals surface area contributed by atoms with Crippen molar-refractivity contribution in [3.63, 3.8) is 0 Å². The van der Waals surface area contributed by atoms with E-state index in [0.29, 0.717) is 17.1 Å². The summed E-state index contributed by atoms with van der Waals surface area (Å²) in [6, 6.07) is 15.2. The molecule has 2 aromatic rings. The van der Waals surface area contributed by atoms with E-state index in [0.717, 1.165) is 22.6 Å². The fraction of sp³-hybridized carbons (Fsp3) is 0.227. The first-order chi connectivity index (χ1) is 13.6. The Hall–Kier alpha value is -2.92. The van der Waals surface area contributed by atoms with Crippen LogP contribution >= 0.6 is 11.6 Å². The van der Waals surface area contributed by atoms with Crippen molar-refractivity contribution in [1.82, 2.24) is 10.3 Å². The van der Waals surface area contributed by atoms with E-state index in [9.17, 15) is 9.59 Å². The molecule has 2 amide bonds. The summed E-state index contributed by atoms with van der Waals surface area (Å²) >= 11 is 6.09. The normalized spacial score (nSPS) is 11.5. The number of benzene rings is 2. The van der Waals surface area contributed by atoms with E-state index >= 15 is 0 Å². The first kappa shape index (κ1) is 21.4. The Morgan fingerprint density at radius 2 is 1.89 bits per heavy atom. The van der Waals surface area contributed by atoms with Crippen LogP contribution in [0.25, 0.3) is 0 Å². The Morgan fingerprint density at radius 1 is 1.18 bits per heavy atom. The summed E-state index contributed by atoms with van der Waals surface area (Å²) in [5, 5.41) is 8.75. The smallest absolute Gasteiger partial charge is 0.242 e. The van der Waals surface area contributed by atoms with E-state index in [1.54, 1.807) is 12.1 Å². The molecule has 0 atom stereocenters. The molecule has 0 spiro atoms. The zero-order chi connectivity index (χ0) is 20.4. The van der Waals surface area contributed by atoms with Crippen LogP contribution < -0.4 is 5.32 Å². The molecule has 0 fully saturated rings. The number of halogens is 1. The highest BCUT2D eigenvalue weighted by Crippen LogP contribution is 2.14. The molecule has 2 aromatic carbocycles. The lowest BCUT2D eigenvalue weighted by molar-refractivity contribution is -0.128. The zero-order valence-corrected chi connectivity index (χ0v) is 16.8. The van der Waals surface area contributed by atoms with Crippen molar-refractivity contribution in [2.24, 2.45) is 5.10 Å². The quantitative estimate of drug-likeness (QED) is 0.395. The van der Waals surface area contributed by atoms with Gasteiger partial charge in [0.1, 0.15) is 6.54 Å². The summed E-state index contributed by atoms with van der Waals surface area (Å²) in [6.45, 7) is 4.07. The molecule has 0 aromatic heterocycles. The molecule has 0 aliphatic heterocycles. The summed E-state index contributed by atoms with van der Waals surface area (Å²) < 4.78 is 0. The second-order valence-corrected chi connectivity index (χ2v) is 6.51. The topological polar surface area (TPSA) is 61.8 Å². The highest BCUT2D eigenvalue weighted by Gasteiger charge is 2.10. The number of allylic oxidation sites excluding steroid dienone is 2. The van der Waals surface area contributed by atoms with Crippen molar-refractivity contribution >= 4 is 29.6 Å². The number of nitrogens with zero attached hydrogens (tertiary/aromatic N) is 2. The average Bonchev–Trinajstić information content (AvgIpc) is 2.72. The van der Waals surface area contributed by atoms with Gasteiger partial charge in [-0.15, -0.1) is 0 Å². The predicted molar refractivity (Wildman–Crippen MR) is 113 cm³/mol. The van der Waals surface area contributed by atoms with Crippen molar-refractivity contribution in [3.05, 3.63) is 82.4 Å². The molecular formula is C22H24ClN3O2. The number of hydrogen-bond acceptors (Lipinski definition) is 3. The van der Waals surface area contributed by atoms with Crippen LogP contribution in [-0.4, -0.2) is 29.6 Å². The first-order valence-corrected chi connectivity index (χ1v) is 9.47. The number of hydrazone groups is 1. The lowest BCUT2D eigenvalue weighted by Gasteiger charge is -2.14. The number of rotatable bonds is 9. The monoisotopic (exact) mass is 397 g/mol. The third-order valence-electron chi connectivity index (χ3n) is 4.08. The molecule has 0 bridgehead atoms. The van der Waals surface area contributed by atoms with Crippen molar-refractivity contribution < 1.29 is 9.59 Å². The Kier molecular flexibility index (Phi) is 8.43. The Labute approximate surface area is 170 Å². The molecule has 6 heteroatoms. The third-order valence-corrected chi connectivity index (χ3v) is 4.45. The highest BCUT2D eigenvalue weighted by atomic mass is 35.5. The lowest BCUT2D eigenvalue weighted by atomic mass is 10.1. The van der Waals surface area contributed by atoms with E-state index in [1.807, 2.05) is 55.5 Å². The third kappa shape index (κ3) is 6.35. The van der Waals surface area contributed by atoms with Crippen molar-refractivity contribution in [2.45, 2.75) is 26.8 Å². The molecule has 146 valence electrons. The van der Waals surface area contributed by atoms with Crippen LogP contribution in [0.1, 0.15) is 30.5 Å². The van der Waals surface area contributed by atoms with Crippen LogP contribution in [0.2, 0.25) is 5.02 Å². The second-order valence-electron chi connectivity index (χ2n) is 6.11. The van der Waals surface area contributed by atoms with Gasteiger partial charge in [-0.2, -0.15) is 5.10 Å². The molecule has 0 heterocycles.